The predicted molar refractivity (Wildman–Crippen MR) is 65.0 cm³/mol. The summed E-state index contributed by atoms with van der Waals surface area (Å²) in [6.07, 6.45) is -2.54. The lowest BCUT2D eigenvalue weighted by Gasteiger charge is -2.34. The van der Waals surface area contributed by atoms with E-state index in [0.717, 1.165) is 0 Å². The van der Waals surface area contributed by atoms with Crippen molar-refractivity contribution in [2.24, 2.45) is 11.7 Å². The number of ether oxygens (including phenoxy) is 2. The van der Waals surface area contributed by atoms with Gasteiger partial charge in [-0.1, -0.05) is 6.92 Å². The first kappa shape index (κ1) is 15.2. The van der Waals surface area contributed by atoms with Crippen LogP contribution in [0, 0.1) is 5.92 Å². The van der Waals surface area contributed by atoms with Crippen LogP contribution in [-0.2, 0) is 19.1 Å². The molecular formula is C12H19NO7. The van der Waals surface area contributed by atoms with Crippen molar-refractivity contribution in [1.29, 1.82) is 0 Å². The van der Waals surface area contributed by atoms with Crippen LogP contribution in [-0.4, -0.2) is 63.8 Å². The molecule has 2 unspecified atom stereocenters. The van der Waals surface area contributed by atoms with Gasteiger partial charge in [-0.05, 0) is 0 Å². The van der Waals surface area contributed by atoms with Crippen LogP contribution in [0.2, 0.25) is 0 Å². The molecule has 5 N–H and O–H groups in total. The summed E-state index contributed by atoms with van der Waals surface area (Å²) in [5.74, 6) is -2.75. The van der Waals surface area contributed by atoms with Crippen molar-refractivity contribution in [2.45, 2.75) is 49.7 Å². The van der Waals surface area contributed by atoms with Crippen molar-refractivity contribution in [3.63, 3.8) is 0 Å². The molecule has 0 spiro atoms. The van der Waals surface area contributed by atoms with Gasteiger partial charge in [-0.15, -0.1) is 0 Å². The topological polar surface area (TPSA) is 139 Å². The number of aliphatic hydroxyl groups is 1. The molecule has 0 amide bonds. The highest BCUT2D eigenvalue weighted by molar-refractivity contribution is 5.80. The number of fused-ring (bicyclic) bond motifs is 1. The Bertz CT molecular complexity index is 415. The van der Waals surface area contributed by atoms with Gasteiger partial charge in [0.2, 0.25) is 0 Å². The van der Waals surface area contributed by atoms with Crippen molar-refractivity contribution in [3.05, 3.63) is 0 Å². The van der Waals surface area contributed by atoms with E-state index in [-0.39, 0.29) is 18.8 Å². The summed E-state index contributed by atoms with van der Waals surface area (Å²) in [7, 11) is 0. The van der Waals surface area contributed by atoms with Crippen LogP contribution in [0.1, 0.15) is 19.8 Å². The first-order valence-corrected chi connectivity index (χ1v) is 6.46. The van der Waals surface area contributed by atoms with Gasteiger partial charge in [0.05, 0.1) is 18.8 Å². The number of hydrogen-bond donors (Lipinski definition) is 4. The largest absolute Gasteiger partial charge is 0.480 e. The fourth-order valence-electron chi connectivity index (χ4n) is 2.77. The number of aliphatic carboxylic acids is 2. The summed E-state index contributed by atoms with van der Waals surface area (Å²) in [5, 5.41) is 28.3. The van der Waals surface area contributed by atoms with Crippen LogP contribution in [0.3, 0.4) is 0 Å². The molecule has 6 atom stereocenters. The summed E-state index contributed by atoms with van der Waals surface area (Å²) in [5.41, 5.74) is 3.70. The average molecular weight is 289 g/mol. The Kier molecular flexibility index (Phi) is 4.01. The third kappa shape index (κ3) is 2.51. The highest BCUT2D eigenvalue weighted by Crippen LogP contribution is 2.41. The lowest BCUT2D eigenvalue weighted by atomic mass is 9.88. The van der Waals surface area contributed by atoms with E-state index in [1.165, 1.54) is 0 Å². The zero-order chi connectivity index (χ0) is 15.1. The minimum atomic E-state index is -1.72. The third-order valence-electron chi connectivity index (χ3n) is 4.01. The van der Waals surface area contributed by atoms with Crippen LogP contribution in [0.4, 0.5) is 0 Å². The van der Waals surface area contributed by atoms with Crippen LogP contribution < -0.4 is 5.73 Å². The van der Waals surface area contributed by atoms with Crippen molar-refractivity contribution in [3.8, 4) is 0 Å². The van der Waals surface area contributed by atoms with E-state index in [4.69, 9.17) is 20.3 Å². The number of carboxylic acid groups (broad SMARTS) is 2. The molecule has 8 heteroatoms. The predicted octanol–water partition coefficient (Wildman–Crippen LogP) is -1.20. The van der Waals surface area contributed by atoms with E-state index in [1.807, 2.05) is 0 Å². The summed E-state index contributed by atoms with van der Waals surface area (Å²) in [6.45, 7) is 2.08. The summed E-state index contributed by atoms with van der Waals surface area (Å²) >= 11 is 0. The van der Waals surface area contributed by atoms with Gasteiger partial charge < -0.3 is 30.5 Å². The van der Waals surface area contributed by atoms with E-state index in [9.17, 15) is 19.8 Å². The van der Waals surface area contributed by atoms with Gasteiger partial charge in [0.15, 0.2) is 5.60 Å². The quantitative estimate of drug-likeness (QED) is 0.506. The smallest absolute Gasteiger partial charge is 0.336 e. The van der Waals surface area contributed by atoms with Crippen LogP contribution in [0.5, 0.6) is 0 Å². The molecule has 0 aromatic heterocycles. The zero-order valence-electron chi connectivity index (χ0n) is 11.1. The Morgan fingerprint density at radius 2 is 2.10 bits per heavy atom. The van der Waals surface area contributed by atoms with Crippen LogP contribution in [0.15, 0.2) is 0 Å². The van der Waals surface area contributed by atoms with E-state index < -0.39 is 41.9 Å². The second-order valence-electron chi connectivity index (χ2n) is 5.57. The molecule has 8 nitrogen and oxygen atoms in total. The molecule has 2 aliphatic rings. The lowest BCUT2D eigenvalue weighted by molar-refractivity contribution is -0.184. The van der Waals surface area contributed by atoms with Crippen molar-refractivity contribution in [1.82, 2.24) is 0 Å². The van der Waals surface area contributed by atoms with Crippen molar-refractivity contribution < 1.29 is 34.4 Å². The maximum atomic E-state index is 11.5. The Hall–Kier alpha value is -1.22. The monoisotopic (exact) mass is 289 g/mol. The number of hydrogen-bond acceptors (Lipinski definition) is 6. The molecule has 114 valence electrons. The maximum absolute atomic E-state index is 11.5. The first-order valence-electron chi connectivity index (χ1n) is 6.46. The standard InChI is InChI=1S/C12H19NO7/c1-5-4-19-7-3-12(11(17)18,2-6(13)10(15)16)20-9(7)8(5)14/h5-9,14H,2-4,13H2,1H3,(H,15,16)(H,17,18)/t5-,6+,7?,8-,9?,12+/m1/s1. The zero-order valence-corrected chi connectivity index (χ0v) is 11.1. The second-order valence-corrected chi connectivity index (χ2v) is 5.57. The molecule has 2 heterocycles. The van der Waals surface area contributed by atoms with Gasteiger partial charge in [-0.2, -0.15) is 0 Å². The van der Waals surface area contributed by atoms with E-state index in [0.29, 0.717) is 6.61 Å². The summed E-state index contributed by atoms with van der Waals surface area (Å²) < 4.78 is 11.0. The van der Waals surface area contributed by atoms with Gasteiger partial charge in [-0.3, -0.25) is 4.79 Å². The Labute approximate surface area is 115 Å². The Morgan fingerprint density at radius 1 is 1.45 bits per heavy atom. The minimum Gasteiger partial charge on any atom is -0.480 e. The van der Waals surface area contributed by atoms with Crippen molar-refractivity contribution in [2.75, 3.05) is 6.61 Å². The Morgan fingerprint density at radius 3 is 2.65 bits per heavy atom. The molecule has 2 rings (SSSR count). The molecule has 0 aromatic rings. The molecule has 0 radical (unpaired) electrons. The number of carbonyl (C=O) groups is 2. The summed E-state index contributed by atoms with van der Waals surface area (Å²) in [6, 6.07) is -1.35. The SMILES string of the molecule is C[C@@H]1COC2C[C@@](C[C@H](N)C(=O)O)(C(=O)O)OC2[C@@H]1O. The third-order valence-corrected chi connectivity index (χ3v) is 4.01. The number of rotatable bonds is 4. The molecule has 2 aliphatic heterocycles. The fourth-order valence-corrected chi connectivity index (χ4v) is 2.77. The van der Waals surface area contributed by atoms with Gasteiger partial charge in [-0.25, -0.2) is 4.79 Å². The summed E-state index contributed by atoms with van der Waals surface area (Å²) in [4.78, 5) is 22.3. The number of carboxylic acids is 2. The lowest BCUT2D eigenvalue weighted by Crippen LogP contribution is -2.49. The molecule has 2 fully saturated rings. The average Bonchev–Trinajstić information content (AvgIpc) is 2.74. The van der Waals surface area contributed by atoms with E-state index in [2.05, 4.69) is 0 Å². The van der Waals surface area contributed by atoms with Gasteiger partial charge in [0.1, 0.15) is 12.1 Å². The first-order chi connectivity index (χ1) is 9.27. The van der Waals surface area contributed by atoms with E-state index >= 15 is 0 Å². The number of aliphatic hydroxyl groups excluding tert-OH is 1. The van der Waals surface area contributed by atoms with Gasteiger partial charge >= 0.3 is 11.9 Å². The highest BCUT2D eigenvalue weighted by Gasteiger charge is 2.57. The van der Waals surface area contributed by atoms with Gasteiger partial charge in [0.25, 0.3) is 0 Å². The molecular weight excluding hydrogens is 270 g/mol. The van der Waals surface area contributed by atoms with Crippen LogP contribution in [0.25, 0.3) is 0 Å². The van der Waals surface area contributed by atoms with E-state index in [1.54, 1.807) is 6.92 Å². The molecule has 2 saturated heterocycles. The second kappa shape index (κ2) is 5.28. The molecule has 0 aromatic carbocycles. The maximum Gasteiger partial charge on any atom is 0.336 e. The molecule has 0 bridgehead atoms. The Balaban J connectivity index is 2.20. The molecule has 0 saturated carbocycles. The van der Waals surface area contributed by atoms with Crippen LogP contribution >= 0.6 is 0 Å². The minimum absolute atomic E-state index is 0.0161. The molecule has 0 aliphatic carbocycles. The highest BCUT2D eigenvalue weighted by atomic mass is 16.6. The number of nitrogens with two attached hydrogens (primary N) is 1. The van der Waals surface area contributed by atoms with Gasteiger partial charge in [0, 0.05) is 18.8 Å². The fraction of sp³-hybridized carbons (Fsp3) is 0.833. The molecule has 20 heavy (non-hydrogen) atoms. The normalized spacial score (nSPS) is 42.0. The van der Waals surface area contributed by atoms with Crippen molar-refractivity contribution >= 4 is 11.9 Å².